The zero-order chi connectivity index (χ0) is 47.6. The molecule has 0 aliphatic carbocycles. The molecule has 0 N–H and O–H groups in total. The van der Waals surface area contributed by atoms with Crippen molar-refractivity contribution in [3.63, 3.8) is 0 Å². The van der Waals surface area contributed by atoms with Crippen molar-refractivity contribution in [1.82, 2.24) is 19.5 Å². The van der Waals surface area contributed by atoms with Crippen LogP contribution < -0.4 is 0 Å². The zero-order valence-corrected chi connectivity index (χ0v) is 33.7. The molecular weight excluding hydrogens is 899 g/mol. The Hall–Kier alpha value is -8.00. The van der Waals surface area contributed by atoms with Gasteiger partial charge in [0.2, 0.25) is 0 Å². The van der Waals surface area contributed by atoms with Gasteiger partial charge in [-0.3, -0.25) is 0 Å². The highest BCUT2D eigenvalue weighted by Crippen LogP contribution is 2.46. The highest BCUT2D eigenvalue weighted by Gasteiger charge is 2.40. The molecule has 17 heteroatoms. The minimum Gasteiger partial charge on any atom is -0.308 e. The van der Waals surface area contributed by atoms with Crippen LogP contribution in [0.25, 0.3) is 83.9 Å². The molecule has 67 heavy (non-hydrogen) atoms. The number of fused-ring (bicyclic) bond motifs is 3. The number of benzene rings is 7. The van der Waals surface area contributed by atoms with Crippen molar-refractivity contribution < 1.29 is 52.7 Å². The summed E-state index contributed by atoms with van der Waals surface area (Å²) in [6.07, 6.45) is -20.8. The molecule has 0 fully saturated rings. The molecule has 0 spiro atoms. The molecule has 0 radical (unpaired) electrons. The SMILES string of the molecule is N#Cc1ccc(-c2nc(-c3ccccc3)nc(-c3ccccc3)n2)c(-n2c3ccc(-c4ccc(C(F)(F)F)cc4C(F)(F)F)cc3c3cc(-c4ccc(C(F)(F)F)cc4C(F)(F)F)ccc32)c1. The lowest BCUT2D eigenvalue weighted by atomic mass is 9.94. The van der Waals surface area contributed by atoms with Crippen molar-refractivity contribution >= 4 is 21.8 Å². The molecule has 9 rings (SSSR count). The van der Waals surface area contributed by atoms with E-state index >= 15 is 0 Å². The molecule has 0 bridgehead atoms. The molecule has 0 atom stereocenters. The van der Waals surface area contributed by atoms with Crippen LogP contribution in [0.4, 0.5) is 52.7 Å². The van der Waals surface area contributed by atoms with Crippen LogP contribution in [0.15, 0.2) is 152 Å². The van der Waals surface area contributed by atoms with Crippen molar-refractivity contribution in [2.24, 2.45) is 0 Å². The van der Waals surface area contributed by atoms with Gasteiger partial charge in [0, 0.05) is 27.5 Å². The van der Waals surface area contributed by atoms with Crippen LogP contribution in [-0.2, 0) is 24.7 Å². The minimum atomic E-state index is -5.28. The van der Waals surface area contributed by atoms with Gasteiger partial charge in [0.25, 0.3) is 0 Å². The van der Waals surface area contributed by atoms with Gasteiger partial charge in [0.05, 0.1) is 50.6 Å². The number of alkyl halides is 12. The van der Waals surface area contributed by atoms with Crippen molar-refractivity contribution in [3.05, 3.63) is 179 Å². The Bertz CT molecular complexity index is 3230. The first kappa shape index (κ1) is 44.2. The topological polar surface area (TPSA) is 67.4 Å². The Kier molecular flexibility index (Phi) is 10.7. The molecule has 0 saturated carbocycles. The van der Waals surface area contributed by atoms with E-state index in [9.17, 15) is 57.9 Å². The maximum atomic E-state index is 14.5. The summed E-state index contributed by atoms with van der Waals surface area (Å²) in [5.74, 6) is 0.602. The zero-order valence-electron chi connectivity index (χ0n) is 33.7. The van der Waals surface area contributed by atoms with Crippen molar-refractivity contribution in [2.75, 3.05) is 0 Å². The van der Waals surface area contributed by atoms with Gasteiger partial charge in [-0.15, -0.1) is 0 Å². The quantitative estimate of drug-likeness (QED) is 0.156. The van der Waals surface area contributed by atoms with Gasteiger partial charge in [-0.2, -0.15) is 57.9 Å². The van der Waals surface area contributed by atoms with Crippen molar-refractivity contribution in [1.29, 1.82) is 5.26 Å². The summed E-state index contributed by atoms with van der Waals surface area (Å²) in [4.78, 5) is 14.4. The average Bonchev–Trinajstić information content (AvgIpc) is 3.63. The number of nitrogens with zero attached hydrogens (tertiary/aromatic N) is 5. The second kappa shape index (κ2) is 16.2. The van der Waals surface area contributed by atoms with Crippen LogP contribution >= 0.6 is 0 Å². The molecule has 9 aromatic rings. The van der Waals surface area contributed by atoms with E-state index in [4.69, 9.17) is 15.0 Å². The van der Waals surface area contributed by atoms with Crippen molar-refractivity contribution in [3.8, 4) is 68.2 Å². The normalized spacial score (nSPS) is 12.5. The molecule has 2 aromatic heterocycles. The number of halogens is 12. The number of aromatic nitrogens is 4. The molecule has 0 aliphatic heterocycles. The van der Waals surface area contributed by atoms with Crippen LogP contribution in [0, 0.1) is 11.3 Å². The predicted molar refractivity (Wildman–Crippen MR) is 226 cm³/mol. The summed E-state index contributed by atoms with van der Waals surface area (Å²) < 4.78 is 171. The molecule has 0 amide bonds. The predicted octanol–water partition coefficient (Wildman–Crippen LogP) is 15.3. The second-order valence-electron chi connectivity index (χ2n) is 15.2. The Morgan fingerprint density at radius 1 is 0.388 bits per heavy atom. The van der Waals surface area contributed by atoms with E-state index < -0.39 is 58.1 Å². The van der Waals surface area contributed by atoms with E-state index in [1.807, 2.05) is 0 Å². The Labute approximate surface area is 370 Å². The Balaban J connectivity index is 1.36. The summed E-state index contributed by atoms with van der Waals surface area (Å²) in [6.45, 7) is 0. The van der Waals surface area contributed by atoms with Gasteiger partial charge in [0.1, 0.15) is 0 Å². The molecule has 2 heterocycles. The lowest BCUT2D eigenvalue weighted by Crippen LogP contribution is -2.12. The third-order valence-corrected chi connectivity index (χ3v) is 11.0. The monoisotopic (exact) mass is 923 g/mol. The molecule has 7 aromatic carbocycles. The van der Waals surface area contributed by atoms with Gasteiger partial charge in [-0.25, -0.2) is 15.0 Å². The van der Waals surface area contributed by atoms with E-state index in [0.29, 0.717) is 35.4 Å². The summed E-state index contributed by atoms with van der Waals surface area (Å²) in [5, 5.41) is 10.3. The van der Waals surface area contributed by atoms with Crippen LogP contribution in [0.1, 0.15) is 27.8 Å². The minimum absolute atomic E-state index is 0.0218. The van der Waals surface area contributed by atoms with E-state index in [1.165, 1.54) is 48.5 Å². The van der Waals surface area contributed by atoms with Gasteiger partial charge in [0.15, 0.2) is 17.5 Å². The first-order valence-electron chi connectivity index (χ1n) is 19.8. The van der Waals surface area contributed by atoms with Crippen LogP contribution in [0.2, 0.25) is 0 Å². The summed E-state index contributed by atoms with van der Waals surface area (Å²) >= 11 is 0. The van der Waals surface area contributed by atoms with Crippen LogP contribution in [0.5, 0.6) is 0 Å². The fraction of sp³-hybridized carbons (Fsp3) is 0.0800. The number of hydrogen-bond acceptors (Lipinski definition) is 4. The van der Waals surface area contributed by atoms with E-state index in [-0.39, 0.29) is 79.4 Å². The van der Waals surface area contributed by atoms with E-state index in [2.05, 4.69) is 6.07 Å². The lowest BCUT2D eigenvalue weighted by molar-refractivity contribution is -0.144. The molecule has 0 unspecified atom stereocenters. The molecule has 5 nitrogen and oxygen atoms in total. The lowest BCUT2D eigenvalue weighted by Gasteiger charge is -2.17. The number of rotatable bonds is 6. The highest BCUT2D eigenvalue weighted by molar-refractivity contribution is 6.12. The average molecular weight is 924 g/mol. The van der Waals surface area contributed by atoms with Gasteiger partial charge in [-0.05, 0) is 89.0 Å². The molecule has 0 aliphatic rings. The van der Waals surface area contributed by atoms with Gasteiger partial charge in [-0.1, -0.05) is 84.9 Å². The van der Waals surface area contributed by atoms with Crippen LogP contribution in [0.3, 0.4) is 0 Å². The Morgan fingerprint density at radius 3 is 1.21 bits per heavy atom. The maximum Gasteiger partial charge on any atom is 0.417 e. The smallest absolute Gasteiger partial charge is 0.308 e. The summed E-state index contributed by atoms with van der Waals surface area (Å²) in [5.41, 5.74) is -5.91. The summed E-state index contributed by atoms with van der Waals surface area (Å²) in [6, 6.07) is 34.3. The molecular formula is C50H25F12N5. The largest absolute Gasteiger partial charge is 0.417 e. The third-order valence-electron chi connectivity index (χ3n) is 11.0. The molecule has 0 saturated heterocycles. The van der Waals surface area contributed by atoms with Gasteiger partial charge >= 0.3 is 24.7 Å². The fourth-order valence-electron chi connectivity index (χ4n) is 7.94. The van der Waals surface area contributed by atoms with Crippen molar-refractivity contribution in [2.45, 2.75) is 24.7 Å². The van der Waals surface area contributed by atoms with Gasteiger partial charge < -0.3 is 4.57 Å². The first-order chi connectivity index (χ1) is 31.7. The first-order valence-corrected chi connectivity index (χ1v) is 19.8. The number of nitriles is 1. The second-order valence-corrected chi connectivity index (χ2v) is 15.2. The van der Waals surface area contributed by atoms with Crippen LogP contribution in [-0.4, -0.2) is 19.5 Å². The fourth-order valence-corrected chi connectivity index (χ4v) is 7.94. The third kappa shape index (κ3) is 8.42. The molecule has 334 valence electrons. The Morgan fingerprint density at radius 2 is 0.806 bits per heavy atom. The highest BCUT2D eigenvalue weighted by atomic mass is 19.4. The van der Waals surface area contributed by atoms with E-state index in [0.717, 1.165) is 0 Å². The number of hydrogen-bond donors (Lipinski definition) is 0. The van der Waals surface area contributed by atoms with E-state index in [1.54, 1.807) is 71.3 Å². The standard InChI is InChI=1S/C50H25F12N5/c51-47(52,53)32-14-17-34(39(24-32)49(57,58)59)30-12-19-41-37(22-30)38-23-31(35-18-15-33(48(54,55)56)25-40(35)50(60,61)62)13-20-42(38)67(41)43-21-27(26-63)11-16-36(43)46-65-44(28-7-3-1-4-8-28)64-45(66-46)29-9-5-2-6-10-29/h1-25H. The summed E-state index contributed by atoms with van der Waals surface area (Å²) in [7, 11) is 0. The maximum absolute atomic E-state index is 14.5.